The predicted octanol–water partition coefficient (Wildman–Crippen LogP) is 8.06. The summed E-state index contributed by atoms with van der Waals surface area (Å²) in [5, 5.41) is 12.7. The minimum atomic E-state index is -0.518. The molecular formula is C24H16Br3ClN2O2. The molecule has 0 heterocycles. The van der Waals surface area contributed by atoms with Crippen molar-refractivity contribution in [3.05, 3.63) is 95.3 Å². The van der Waals surface area contributed by atoms with Gasteiger partial charge in [0.1, 0.15) is 24.0 Å². The number of amides is 1. The maximum atomic E-state index is 12.6. The first-order valence-electron chi connectivity index (χ1n) is 9.32. The minimum Gasteiger partial charge on any atom is -0.487 e. The van der Waals surface area contributed by atoms with Crippen LogP contribution in [0.3, 0.4) is 0 Å². The number of nitrogens with zero attached hydrogens (tertiary/aromatic N) is 1. The van der Waals surface area contributed by atoms with E-state index in [0.717, 1.165) is 15.6 Å². The van der Waals surface area contributed by atoms with E-state index >= 15 is 0 Å². The summed E-state index contributed by atoms with van der Waals surface area (Å²) in [4.78, 5) is 12.6. The molecule has 3 aromatic rings. The maximum absolute atomic E-state index is 12.6. The van der Waals surface area contributed by atoms with Crippen LogP contribution in [0.5, 0.6) is 5.75 Å². The average molecular weight is 640 g/mol. The number of rotatable bonds is 6. The summed E-state index contributed by atoms with van der Waals surface area (Å²) in [6, 6.07) is 18.6. The van der Waals surface area contributed by atoms with Crippen LogP contribution in [0.1, 0.15) is 16.7 Å². The third-order valence-electron chi connectivity index (χ3n) is 4.42. The Morgan fingerprint density at radius 3 is 2.34 bits per heavy atom. The molecule has 0 spiro atoms. The zero-order valence-electron chi connectivity index (χ0n) is 16.8. The first kappa shape index (κ1) is 24.5. The van der Waals surface area contributed by atoms with Crippen molar-refractivity contribution >= 4 is 77.1 Å². The van der Waals surface area contributed by atoms with Gasteiger partial charge in [0.25, 0.3) is 5.91 Å². The second-order valence-corrected chi connectivity index (χ2v) is 9.85. The molecule has 0 aliphatic carbocycles. The fourth-order valence-electron chi connectivity index (χ4n) is 2.72. The molecule has 4 nitrogen and oxygen atoms in total. The van der Waals surface area contributed by atoms with E-state index in [2.05, 4.69) is 53.1 Å². The van der Waals surface area contributed by atoms with E-state index in [-0.39, 0.29) is 5.57 Å². The lowest BCUT2D eigenvalue weighted by Crippen LogP contribution is -2.13. The highest BCUT2D eigenvalue weighted by Gasteiger charge is 2.13. The molecular weight excluding hydrogens is 623 g/mol. The third kappa shape index (κ3) is 6.46. The number of aryl methyl sites for hydroxylation is 1. The lowest BCUT2D eigenvalue weighted by molar-refractivity contribution is -0.112. The minimum absolute atomic E-state index is 0.0379. The van der Waals surface area contributed by atoms with E-state index in [1.807, 2.05) is 37.3 Å². The van der Waals surface area contributed by atoms with Crippen molar-refractivity contribution in [3.63, 3.8) is 0 Å². The zero-order chi connectivity index (χ0) is 23.3. The van der Waals surface area contributed by atoms with Crippen LogP contribution in [0.4, 0.5) is 5.69 Å². The van der Waals surface area contributed by atoms with Gasteiger partial charge in [-0.15, -0.1) is 0 Å². The highest BCUT2D eigenvalue weighted by Crippen LogP contribution is 2.36. The molecule has 0 unspecified atom stereocenters. The van der Waals surface area contributed by atoms with Crippen LogP contribution >= 0.6 is 59.4 Å². The van der Waals surface area contributed by atoms with Crippen molar-refractivity contribution in [2.45, 2.75) is 13.5 Å². The predicted molar refractivity (Wildman–Crippen MR) is 139 cm³/mol. The second kappa shape index (κ2) is 11.2. The van der Waals surface area contributed by atoms with E-state index in [4.69, 9.17) is 16.3 Å². The molecule has 1 N–H and O–H groups in total. The number of nitriles is 1. The van der Waals surface area contributed by atoms with Gasteiger partial charge in [-0.1, -0.05) is 45.7 Å². The Morgan fingerprint density at radius 1 is 1.09 bits per heavy atom. The van der Waals surface area contributed by atoms with Gasteiger partial charge in [-0.2, -0.15) is 5.26 Å². The van der Waals surface area contributed by atoms with Gasteiger partial charge in [0.2, 0.25) is 0 Å². The first-order chi connectivity index (χ1) is 15.3. The number of hydrogen-bond donors (Lipinski definition) is 1. The molecule has 3 rings (SSSR count). The molecule has 0 atom stereocenters. The Hall–Kier alpha value is -2.11. The molecule has 0 aliphatic rings. The second-order valence-electron chi connectivity index (χ2n) is 6.82. The molecule has 162 valence electrons. The summed E-state index contributed by atoms with van der Waals surface area (Å²) in [5.74, 6) is 0.109. The molecule has 0 fully saturated rings. The van der Waals surface area contributed by atoms with Gasteiger partial charge in [-0.05, 0) is 97.9 Å². The van der Waals surface area contributed by atoms with Crippen LogP contribution in [0.2, 0.25) is 5.02 Å². The quantitative estimate of drug-likeness (QED) is 0.219. The molecule has 8 heteroatoms. The number of carbonyl (C=O) groups excluding carboxylic acids is 1. The molecule has 0 bridgehead atoms. The molecule has 32 heavy (non-hydrogen) atoms. The molecule has 0 radical (unpaired) electrons. The number of anilines is 1. The standard InChI is InChI=1S/C24H16Br3ClN2O2/c1-14-2-7-19(11-22(14)28)30-24(31)17(12-29)8-16-9-20(26)23(21(27)10-16)32-13-15-3-5-18(25)6-4-15/h2-11H,13H2,1H3,(H,30,31)/b17-8-. The topological polar surface area (TPSA) is 62.1 Å². The van der Waals surface area contributed by atoms with Crippen molar-refractivity contribution in [2.75, 3.05) is 5.32 Å². The van der Waals surface area contributed by atoms with Crippen molar-refractivity contribution < 1.29 is 9.53 Å². The van der Waals surface area contributed by atoms with Gasteiger partial charge in [0.15, 0.2) is 0 Å². The van der Waals surface area contributed by atoms with E-state index in [1.165, 1.54) is 6.08 Å². The van der Waals surface area contributed by atoms with Gasteiger partial charge in [0, 0.05) is 15.2 Å². The van der Waals surface area contributed by atoms with Gasteiger partial charge < -0.3 is 10.1 Å². The molecule has 0 aliphatic heterocycles. The van der Waals surface area contributed by atoms with Gasteiger partial charge in [0.05, 0.1) is 8.95 Å². The molecule has 0 aromatic heterocycles. The Morgan fingerprint density at radius 2 is 1.75 bits per heavy atom. The van der Waals surface area contributed by atoms with E-state index < -0.39 is 5.91 Å². The fourth-order valence-corrected chi connectivity index (χ4v) is 4.62. The van der Waals surface area contributed by atoms with Crippen LogP contribution in [-0.2, 0) is 11.4 Å². The molecule has 0 saturated heterocycles. The normalized spacial score (nSPS) is 11.1. The molecule has 3 aromatic carbocycles. The van der Waals surface area contributed by atoms with Crippen LogP contribution in [0.15, 0.2) is 73.6 Å². The average Bonchev–Trinajstić information content (AvgIpc) is 2.75. The maximum Gasteiger partial charge on any atom is 0.266 e. The van der Waals surface area contributed by atoms with E-state index in [1.54, 1.807) is 30.3 Å². The van der Waals surface area contributed by atoms with Crippen molar-refractivity contribution in [1.82, 2.24) is 0 Å². The van der Waals surface area contributed by atoms with Crippen LogP contribution in [0, 0.1) is 18.3 Å². The molecule has 0 saturated carbocycles. The van der Waals surface area contributed by atoms with Gasteiger partial charge >= 0.3 is 0 Å². The van der Waals surface area contributed by atoms with Crippen molar-refractivity contribution in [1.29, 1.82) is 5.26 Å². The number of nitrogens with one attached hydrogen (secondary N) is 1. The highest BCUT2D eigenvalue weighted by atomic mass is 79.9. The van der Waals surface area contributed by atoms with Crippen molar-refractivity contribution in [2.24, 2.45) is 0 Å². The summed E-state index contributed by atoms with van der Waals surface area (Å²) >= 11 is 16.5. The SMILES string of the molecule is Cc1ccc(NC(=O)/C(C#N)=C\c2cc(Br)c(OCc3ccc(Br)cc3)c(Br)c2)cc1Cl. The smallest absolute Gasteiger partial charge is 0.266 e. The Balaban J connectivity index is 1.77. The molecule has 1 amide bonds. The van der Waals surface area contributed by atoms with E-state index in [0.29, 0.717) is 37.6 Å². The lowest BCUT2D eigenvalue weighted by Gasteiger charge is -2.12. The number of hydrogen-bond acceptors (Lipinski definition) is 3. The number of halogens is 4. The summed E-state index contributed by atoms with van der Waals surface area (Å²) in [5.41, 5.74) is 3.07. The summed E-state index contributed by atoms with van der Waals surface area (Å²) < 4.78 is 8.33. The monoisotopic (exact) mass is 636 g/mol. The summed E-state index contributed by atoms with van der Waals surface area (Å²) in [6.07, 6.45) is 1.51. The first-order valence-corrected chi connectivity index (χ1v) is 12.1. The number of ether oxygens (including phenoxy) is 1. The van der Waals surface area contributed by atoms with Gasteiger partial charge in [-0.25, -0.2) is 0 Å². The highest BCUT2D eigenvalue weighted by molar-refractivity contribution is 9.11. The van der Waals surface area contributed by atoms with E-state index in [9.17, 15) is 10.1 Å². The Kier molecular flexibility index (Phi) is 8.55. The van der Waals surface area contributed by atoms with Crippen LogP contribution in [-0.4, -0.2) is 5.91 Å². The number of benzene rings is 3. The Labute approximate surface area is 216 Å². The zero-order valence-corrected chi connectivity index (χ0v) is 22.3. The largest absolute Gasteiger partial charge is 0.487 e. The number of carbonyl (C=O) groups is 1. The van der Waals surface area contributed by atoms with Crippen molar-refractivity contribution in [3.8, 4) is 11.8 Å². The lowest BCUT2D eigenvalue weighted by atomic mass is 10.1. The van der Waals surface area contributed by atoms with Crippen LogP contribution in [0.25, 0.3) is 6.08 Å². The Bertz CT molecular complexity index is 1210. The summed E-state index contributed by atoms with van der Waals surface area (Å²) in [6.45, 7) is 2.27. The fraction of sp³-hybridized carbons (Fsp3) is 0.0833. The van der Waals surface area contributed by atoms with Crippen LogP contribution < -0.4 is 10.1 Å². The summed E-state index contributed by atoms with van der Waals surface area (Å²) in [7, 11) is 0. The van der Waals surface area contributed by atoms with Gasteiger partial charge in [-0.3, -0.25) is 4.79 Å². The third-order valence-corrected chi connectivity index (χ3v) is 6.54.